The Kier molecular flexibility index (Phi) is 6.82. The van der Waals surface area contributed by atoms with Gasteiger partial charge < -0.3 is 15.4 Å². The molecule has 4 nitrogen and oxygen atoms in total. The summed E-state index contributed by atoms with van der Waals surface area (Å²) in [5.74, 6) is 0.785. The Bertz CT molecular complexity index is 447. The number of nitrogens with zero attached hydrogens (tertiary/aromatic N) is 1. The van der Waals surface area contributed by atoms with E-state index in [9.17, 15) is 4.79 Å². The highest BCUT2D eigenvalue weighted by atomic mass is 35.5. The van der Waals surface area contributed by atoms with Gasteiger partial charge in [-0.1, -0.05) is 23.7 Å². The molecular formula is C15H23ClN2O2. The number of rotatable bonds is 7. The first kappa shape index (κ1) is 16.8. The third-order valence-electron chi connectivity index (χ3n) is 2.87. The predicted octanol–water partition coefficient (Wildman–Crippen LogP) is 2.48. The van der Waals surface area contributed by atoms with Gasteiger partial charge in [-0.05, 0) is 31.4 Å². The van der Waals surface area contributed by atoms with Gasteiger partial charge in [0, 0.05) is 26.6 Å². The average molecular weight is 299 g/mol. The Hall–Kier alpha value is -1.26. The van der Waals surface area contributed by atoms with Gasteiger partial charge in [0.15, 0.2) is 0 Å². The second-order valence-electron chi connectivity index (χ2n) is 5.15. The first-order chi connectivity index (χ1) is 9.41. The van der Waals surface area contributed by atoms with Gasteiger partial charge in [0.25, 0.3) is 0 Å². The SMILES string of the molecule is CC(N)Cc1cccc(Cl)c1OCCCC(=O)N(C)C. The van der Waals surface area contributed by atoms with Crippen molar-refractivity contribution in [2.75, 3.05) is 20.7 Å². The monoisotopic (exact) mass is 298 g/mol. The highest BCUT2D eigenvalue weighted by molar-refractivity contribution is 6.32. The Morgan fingerprint density at radius 2 is 2.15 bits per heavy atom. The topological polar surface area (TPSA) is 55.6 Å². The molecule has 0 spiro atoms. The zero-order valence-electron chi connectivity index (χ0n) is 12.4. The summed E-state index contributed by atoms with van der Waals surface area (Å²) in [4.78, 5) is 13.0. The number of nitrogens with two attached hydrogens (primary N) is 1. The molecule has 0 fully saturated rings. The van der Waals surface area contributed by atoms with Gasteiger partial charge >= 0.3 is 0 Å². The number of carbonyl (C=O) groups excluding carboxylic acids is 1. The van der Waals surface area contributed by atoms with Crippen LogP contribution in [0.4, 0.5) is 0 Å². The number of para-hydroxylation sites is 1. The van der Waals surface area contributed by atoms with E-state index in [0.717, 1.165) is 5.56 Å². The highest BCUT2D eigenvalue weighted by Crippen LogP contribution is 2.29. The lowest BCUT2D eigenvalue weighted by Gasteiger charge is -2.15. The van der Waals surface area contributed by atoms with Crippen LogP contribution in [0.2, 0.25) is 5.02 Å². The molecule has 0 saturated carbocycles. The van der Waals surface area contributed by atoms with Crippen LogP contribution >= 0.6 is 11.6 Å². The molecule has 1 rings (SSSR count). The molecule has 5 heteroatoms. The minimum Gasteiger partial charge on any atom is -0.492 e. The highest BCUT2D eigenvalue weighted by Gasteiger charge is 2.10. The summed E-state index contributed by atoms with van der Waals surface area (Å²) >= 11 is 6.16. The fourth-order valence-electron chi connectivity index (χ4n) is 1.84. The standard InChI is InChI=1S/C15H23ClN2O2/c1-11(17)10-12-6-4-7-13(16)15(12)20-9-5-8-14(19)18(2)3/h4,6-7,11H,5,8-10,17H2,1-3H3. The van der Waals surface area contributed by atoms with E-state index in [1.807, 2.05) is 19.1 Å². The number of benzene rings is 1. The van der Waals surface area contributed by atoms with E-state index < -0.39 is 0 Å². The fourth-order valence-corrected chi connectivity index (χ4v) is 2.09. The molecule has 0 bridgehead atoms. The van der Waals surface area contributed by atoms with E-state index in [4.69, 9.17) is 22.1 Å². The zero-order valence-corrected chi connectivity index (χ0v) is 13.1. The summed E-state index contributed by atoms with van der Waals surface area (Å²) in [6, 6.07) is 5.70. The smallest absolute Gasteiger partial charge is 0.222 e. The third-order valence-corrected chi connectivity index (χ3v) is 3.17. The van der Waals surface area contributed by atoms with E-state index in [1.54, 1.807) is 25.1 Å². The van der Waals surface area contributed by atoms with Gasteiger partial charge in [-0.25, -0.2) is 0 Å². The molecule has 0 saturated heterocycles. The molecule has 0 aromatic heterocycles. The maximum Gasteiger partial charge on any atom is 0.222 e. The van der Waals surface area contributed by atoms with Crippen molar-refractivity contribution in [2.24, 2.45) is 5.73 Å². The van der Waals surface area contributed by atoms with Crippen LogP contribution in [0, 0.1) is 0 Å². The summed E-state index contributed by atoms with van der Waals surface area (Å²) in [5.41, 5.74) is 6.83. The minimum atomic E-state index is 0.0473. The van der Waals surface area contributed by atoms with Crippen LogP contribution in [0.3, 0.4) is 0 Å². The molecule has 0 aliphatic heterocycles. The van der Waals surface area contributed by atoms with Crippen molar-refractivity contribution in [3.63, 3.8) is 0 Å². The van der Waals surface area contributed by atoms with E-state index in [0.29, 0.717) is 36.6 Å². The maximum absolute atomic E-state index is 11.5. The van der Waals surface area contributed by atoms with Crippen molar-refractivity contribution in [1.82, 2.24) is 4.90 Å². The van der Waals surface area contributed by atoms with Gasteiger partial charge in [-0.15, -0.1) is 0 Å². The predicted molar refractivity (Wildman–Crippen MR) is 82.2 cm³/mol. The normalized spacial score (nSPS) is 12.1. The van der Waals surface area contributed by atoms with Crippen LogP contribution in [0.5, 0.6) is 5.75 Å². The van der Waals surface area contributed by atoms with Crippen LogP contribution in [-0.2, 0) is 11.2 Å². The molecule has 0 aliphatic rings. The first-order valence-electron chi connectivity index (χ1n) is 6.77. The molecule has 0 heterocycles. The Balaban J connectivity index is 2.56. The first-order valence-corrected chi connectivity index (χ1v) is 7.15. The largest absolute Gasteiger partial charge is 0.492 e. The molecule has 20 heavy (non-hydrogen) atoms. The molecule has 1 aromatic rings. The van der Waals surface area contributed by atoms with E-state index in [2.05, 4.69) is 0 Å². The Morgan fingerprint density at radius 3 is 2.75 bits per heavy atom. The van der Waals surface area contributed by atoms with Crippen molar-refractivity contribution in [3.05, 3.63) is 28.8 Å². The van der Waals surface area contributed by atoms with Gasteiger partial charge in [-0.2, -0.15) is 0 Å². The summed E-state index contributed by atoms with van der Waals surface area (Å²) in [5, 5.41) is 0.585. The van der Waals surface area contributed by atoms with Crippen molar-refractivity contribution in [2.45, 2.75) is 32.2 Å². The van der Waals surface area contributed by atoms with Crippen LogP contribution in [0.25, 0.3) is 0 Å². The molecular weight excluding hydrogens is 276 g/mol. The number of halogens is 1. The number of hydrogen-bond acceptors (Lipinski definition) is 3. The van der Waals surface area contributed by atoms with E-state index >= 15 is 0 Å². The minimum absolute atomic E-state index is 0.0473. The molecule has 1 unspecified atom stereocenters. The lowest BCUT2D eigenvalue weighted by molar-refractivity contribution is -0.128. The fraction of sp³-hybridized carbons (Fsp3) is 0.533. The lowest BCUT2D eigenvalue weighted by Crippen LogP contribution is -2.22. The average Bonchev–Trinajstić information content (AvgIpc) is 2.36. The van der Waals surface area contributed by atoms with Crippen LogP contribution in [-0.4, -0.2) is 37.6 Å². The molecule has 1 amide bonds. The van der Waals surface area contributed by atoms with Crippen LogP contribution in [0.15, 0.2) is 18.2 Å². The van der Waals surface area contributed by atoms with Gasteiger partial charge in [0.2, 0.25) is 5.91 Å². The summed E-state index contributed by atoms with van der Waals surface area (Å²) < 4.78 is 5.74. The van der Waals surface area contributed by atoms with Crippen molar-refractivity contribution >= 4 is 17.5 Å². The number of hydrogen-bond donors (Lipinski definition) is 1. The Labute approximate surface area is 125 Å². The molecule has 0 radical (unpaired) electrons. The summed E-state index contributed by atoms with van der Waals surface area (Å²) in [6.07, 6.45) is 1.85. The summed E-state index contributed by atoms with van der Waals surface area (Å²) in [7, 11) is 3.50. The third kappa shape index (κ3) is 5.39. The molecule has 112 valence electrons. The van der Waals surface area contributed by atoms with Crippen LogP contribution < -0.4 is 10.5 Å². The van der Waals surface area contributed by atoms with Crippen LogP contribution in [0.1, 0.15) is 25.3 Å². The van der Waals surface area contributed by atoms with Crippen molar-refractivity contribution in [1.29, 1.82) is 0 Å². The molecule has 0 aliphatic carbocycles. The maximum atomic E-state index is 11.5. The van der Waals surface area contributed by atoms with Crippen molar-refractivity contribution in [3.8, 4) is 5.75 Å². The molecule has 1 atom stereocenters. The Morgan fingerprint density at radius 1 is 1.45 bits per heavy atom. The number of carbonyl (C=O) groups is 1. The molecule has 1 aromatic carbocycles. The van der Waals surface area contributed by atoms with Gasteiger partial charge in [-0.3, -0.25) is 4.79 Å². The summed E-state index contributed by atoms with van der Waals surface area (Å²) in [6.45, 7) is 2.41. The quantitative estimate of drug-likeness (QED) is 0.787. The van der Waals surface area contributed by atoms with Crippen molar-refractivity contribution < 1.29 is 9.53 Å². The van der Waals surface area contributed by atoms with Gasteiger partial charge in [0.05, 0.1) is 11.6 Å². The second kappa shape index (κ2) is 8.12. The van der Waals surface area contributed by atoms with Gasteiger partial charge in [0.1, 0.15) is 5.75 Å². The number of amides is 1. The van der Waals surface area contributed by atoms with E-state index in [1.165, 1.54) is 0 Å². The zero-order chi connectivity index (χ0) is 15.1. The number of ether oxygens (including phenoxy) is 1. The molecule has 2 N–H and O–H groups in total. The van der Waals surface area contributed by atoms with E-state index in [-0.39, 0.29) is 11.9 Å². The second-order valence-corrected chi connectivity index (χ2v) is 5.56. The lowest BCUT2D eigenvalue weighted by atomic mass is 10.1.